The lowest BCUT2D eigenvalue weighted by atomic mass is 9.98. The number of aryl methyl sites for hydroxylation is 2. The van der Waals surface area contributed by atoms with E-state index in [2.05, 4.69) is 21.3 Å². The highest BCUT2D eigenvalue weighted by atomic mass is 19.1. The molecule has 3 heterocycles. The molecule has 1 aliphatic heterocycles. The number of fused-ring (bicyclic) bond motifs is 2. The minimum absolute atomic E-state index is 0.111. The van der Waals surface area contributed by atoms with Gasteiger partial charge in [0.15, 0.2) is 0 Å². The van der Waals surface area contributed by atoms with E-state index in [0.29, 0.717) is 43.9 Å². The topological polar surface area (TPSA) is 63.1 Å². The van der Waals surface area contributed by atoms with Gasteiger partial charge in [-0.1, -0.05) is 18.7 Å². The SMILES string of the molecule is C=Cc1c(CCCO)c2ccc(F)c3c2n1C/C=C\COCc1n[nH]c(C)c1-3. The Hall–Kier alpha value is -2.70. The molecule has 0 atom stereocenters. The van der Waals surface area contributed by atoms with E-state index in [9.17, 15) is 5.11 Å². The molecule has 1 aliphatic rings. The molecule has 6 heteroatoms. The van der Waals surface area contributed by atoms with Gasteiger partial charge in [-0.15, -0.1) is 0 Å². The Labute approximate surface area is 163 Å². The number of aliphatic hydroxyl groups excluding tert-OH is 1. The molecule has 0 amide bonds. The van der Waals surface area contributed by atoms with Gasteiger partial charge in [0.1, 0.15) is 5.82 Å². The number of aliphatic hydroxyl groups is 1. The van der Waals surface area contributed by atoms with Crippen LogP contribution in [-0.2, 0) is 24.3 Å². The Morgan fingerprint density at radius 1 is 1.36 bits per heavy atom. The minimum Gasteiger partial charge on any atom is -0.396 e. The second kappa shape index (κ2) is 7.73. The van der Waals surface area contributed by atoms with Gasteiger partial charge in [-0.05, 0) is 43.5 Å². The van der Waals surface area contributed by atoms with Crippen LogP contribution >= 0.6 is 0 Å². The summed E-state index contributed by atoms with van der Waals surface area (Å²) in [5, 5.41) is 17.7. The van der Waals surface area contributed by atoms with E-state index in [1.54, 1.807) is 0 Å². The van der Waals surface area contributed by atoms with Crippen LogP contribution in [0.2, 0.25) is 0 Å². The number of rotatable bonds is 4. The van der Waals surface area contributed by atoms with Gasteiger partial charge in [0.2, 0.25) is 0 Å². The average molecular weight is 381 g/mol. The number of nitrogens with one attached hydrogen (secondary N) is 1. The monoisotopic (exact) mass is 381 g/mol. The van der Waals surface area contributed by atoms with Crippen molar-refractivity contribution in [3.05, 3.63) is 59.3 Å². The van der Waals surface area contributed by atoms with Crippen molar-refractivity contribution in [1.29, 1.82) is 0 Å². The Balaban J connectivity index is 2.12. The molecule has 5 nitrogen and oxygen atoms in total. The fraction of sp³-hybridized carbons (Fsp3) is 0.318. The van der Waals surface area contributed by atoms with E-state index in [1.165, 1.54) is 6.07 Å². The second-order valence-electron chi connectivity index (χ2n) is 6.98. The predicted molar refractivity (Wildman–Crippen MR) is 109 cm³/mol. The predicted octanol–water partition coefficient (Wildman–Crippen LogP) is 4.13. The van der Waals surface area contributed by atoms with Gasteiger partial charge in [0.05, 0.1) is 24.4 Å². The van der Waals surface area contributed by atoms with Crippen LogP contribution < -0.4 is 0 Å². The standard InChI is InChI=1S/C22H24FN3O2/c1-3-19-15(7-6-11-27)16-8-9-17(23)21-20-14(2)24-25-18(20)13-28-12-5-4-10-26(19)22(16)21/h3-5,8-9,27H,1,6-7,10-13H2,2H3,(H,24,25)/b5-4-. The van der Waals surface area contributed by atoms with Crippen molar-refractivity contribution in [3.63, 3.8) is 0 Å². The van der Waals surface area contributed by atoms with Gasteiger partial charge in [0, 0.05) is 41.1 Å². The van der Waals surface area contributed by atoms with Crippen LogP contribution in [0.1, 0.15) is 29.1 Å². The highest BCUT2D eigenvalue weighted by Gasteiger charge is 2.25. The molecule has 0 aliphatic carbocycles. The fourth-order valence-corrected chi connectivity index (χ4v) is 4.08. The Bertz CT molecular complexity index is 1060. The van der Waals surface area contributed by atoms with Crippen molar-refractivity contribution in [1.82, 2.24) is 14.8 Å². The van der Waals surface area contributed by atoms with Crippen molar-refractivity contribution < 1.29 is 14.2 Å². The number of allylic oxidation sites excluding steroid dienone is 1. The highest BCUT2D eigenvalue weighted by molar-refractivity contribution is 6.00. The van der Waals surface area contributed by atoms with Crippen molar-refractivity contribution in [3.8, 4) is 11.1 Å². The van der Waals surface area contributed by atoms with E-state index < -0.39 is 0 Å². The number of benzene rings is 1. The molecular formula is C22H24FN3O2. The number of halogens is 1. The summed E-state index contributed by atoms with van der Waals surface area (Å²) < 4.78 is 23.0. The molecule has 0 bridgehead atoms. The quantitative estimate of drug-likeness (QED) is 0.668. The molecule has 0 spiro atoms. The number of hydrogen-bond donors (Lipinski definition) is 2. The summed E-state index contributed by atoms with van der Waals surface area (Å²) in [5.74, 6) is -0.287. The molecule has 0 saturated carbocycles. The maximum atomic E-state index is 15.2. The van der Waals surface area contributed by atoms with Crippen LogP contribution in [0.3, 0.4) is 0 Å². The summed E-state index contributed by atoms with van der Waals surface area (Å²) in [6.45, 7) is 7.38. The molecule has 3 aromatic rings. The normalized spacial score (nSPS) is 15.2. The molecule has 0 fully saturated rings. The fourth-order valence-electron chi connectivity index (χ4n) is 4.08. The van der Waals surface area contributed by atoms with Crippen LogP contribution in [0, 0.1) is 12.7 Å². The van der Waals surface area contributed by atoms with Crippen molar-refractivity contribution in [2.75, 3.05) is 13.2 Å². The number of aromatic amines is 1. The van der Waals surface area contributed by atoms with E-state index >= 15 is 4.39 Å². The number of nitrogens with zero attached hydrogens (tertiary/aromatic N) is 2. The van der Waals surface area contributed by atoms with E-state index in [4.69, 9.17) is 4.74 Å². The summed E-state index contributed by atoms with van der Waals surface area (Å²) in [6.07, 6.45) is 7.17. The maximum Gasteiger partial charge on any atom is 0.133 e. The van der Waals surface area contributed by atoms with Crippen molar-refractivity contribution in [2.24, 2.45) is 0 Å². The number of H-pyrrole nitrogens is 1. The van der Waals surface area contributed by atoms with Crippen LogP contribution in [-0.4, -0.2) is 33.1 Å². The third kappa shape index (κ3) is 2.99. The molecule has 0 saturated heterocycles. The van der Waals surface area contributed by atoms with Crippen molar-refractivity contribution >= 4 is 17.0 Å². The molecule has 28 heavy (non-hydrogen) atoms. The number of hydrogen-bond acceptors (Lipinski definition) is 3. The van der Waals surface area contributed by atoms with Gasteiger partial charge < -0.3 is 14.4 Å². The Kier molecular flexibility index (Phi) is 5.15. The number of aromatic nitrogens is 3. The zero-order valence-corrected chi connectivity index (χ0v) is 16.0. The van der Waals surface area contributed by atoms with E-state index in [1.807, 2.05) is 31.2 Å². The van der Waals surface area contributed by atoms with Gasteiger partial charge in [-0.3, -0.25) is 5.10 Å². The molecule has 2 N–H and O–H groups in total. The minimum atomic E-state index is -0.287. The lowest BCUT2D eigenvalue weighted by Gasteiger charge is -2.12. The molecular weight excluding hydrogens is 357 g/mol. The van der Waals surface area contributed by atoms with Gasteiger partial charge >= 0.3 is 0 Å². The molecule has 1 aromatic carbocycles. The third-order valence-corrected chi connectivity index (χ3v) is 5.28. The van der Waals surface area contributed by atoms with E-state index in [-0.39, 0.29) is 12.4 Å². The zero-order valence-electron chi connectivity index (χ0n) is 16.0. The first-order chi connectivity index (χ1) is 13.7. The van der Waals surface area contributed by atoms with Crippen LogP contribution in [0.25, 0.3) is 28.1 Å². The third-order valence-electron chi connectivity index (χ3n) is 5.28. The second-order valence-corrected chi connectivity index (χ2v) is 6.98. The molecule has 4 rings (SSSR count). The summed E-state index contributed by atoms with van der Waals surface area (Å²) in [5.41, 5.74) is 5.68. The van der Waals surface area contributed by atoms with Gasteiger partial charge in [0.25, 0.3) is 0 Å². The first-order valence-electron chi connectivity index (χ1n) is 9.51. The Morgan fingerprint density at radius 3 is 3.00 bits per heavy atom. The molecule has 0 radical (unpaired) electrons. The summed E-state index contributed by atoms with van der Waals surface area (Å²) in [4.78, 5) is 0. The van der Waals surface area contributed by atoms with Crippen LogP contribution in [0.15, 0.2) is 30.9 Å². The van der Waals surface area contributed by atoms with Crippen molar-refractivity contribution in [2.45, 2.75) is 32.9 Å². The maximum absolute atomic E-state index is 15.2. The summed E-state index contributed by atoms with van der Waals surface area (Å²) in [7, 11) is 0. The average Bonchev–Trinajstić information content (AvgIpc) is 3.19. The van der Waals surface area contributed by atoms with Crippen LogP contribution in [0.5, 0.6) is 0 Å². The lowest BCUT2D eigenvalue weighted by molar-refractivity contribution is 0.146. The lowest BCUT2D eigenvalue weighted by Crippen LogP contribution is -2.01. The number of ether oxygens (including phenoxy) is 1. The summed E-state index contributed by atoms with van der Waals surface area (Å²) in [6, 6.07) is 3.35. The van der Waals surface area contributed by atoms with Gasteiger partial charge in [-0.2, -0.15) is 5.10 Å². The largest absolute Gasteiger partial charge is 0.396 e. The summed E-state index contributed by atoms with van der Waals surface area (Å²) >= 11 is 0. The Morgan fingerprint density at radius 2 is 2.21 bits per heavy atom. The highest BCUT2D eigenvalue weighted by Crippen LogP contribution is 2.39. The first kappa shape index (κ1) is 18.7. The van der Waals surface area contributed by atoms with Gasteiger partial charge in [-0.25, -0.2) is 4.39 Å². The zero-order chi connectivity index (χ0) is 19.7. The molecule has 146 valence electrons. The smallest absolute Gasteiger partial charge is 0.133 e. The molecule has 0 unspecified atom stereocenters. The molecule has 2 aromatic heterocycles. The first-order valence-corrected chi connectivity index (χ1v) is 9.51. The van der Waals surface area contributed by atoms with Crippen LogP contribution in [0.4, 0.5) is 4.39 Å². The van der Waals surface area contributed by atoms with E-state index in [0.717, 1.165) is 33.4 Å².